The molecule has 0 unspecified atom stereocenters. The van der Waals surface area contributed by atoms with E-state index in [1.54, 1.807) is 78.9 Å². The third kappa shape index (κ3) is 3.23. The Kier molecular flexibility index (Phi) is 5.33. The maximum atomic E-state index is 13.7. The van der Waals surface area contributed by atoms with Crippen molar-refractivity contribution in [3.05, 3.63) is 84.4 Å². The Hall–Kier alpha value is -4.46. The van der Waals surface area contributed by atoms with Crippen molar-refractivity contribution in [2.24, 2.45) is 11.0 Å². The molecule has 2 amide bonds. The van der Waals surface area contributed by atoms with Gasteiger partial charge in [0.1, 0.15) is 34.9 Å². The highest BCUT2D eigenvalue weighted by molar-refractivity contribution is 6.53. The Morgan fingerprint density at radius 3 is 1.97 bits per heavy atom. The topological polar surface area (TPSA) is 88.5 Å². The normalized spacial score (nSPS) is 19.2. The fraction of sp³-hybridized carbons (Fsp3) is 0.154. The van der Waals surface area contributed by atoms with E-state index in [0.717, 1.165) is 4.90 Å². The van der Waals surface area contributed by atoms with Crippen molar-refractivity contribution < 1.29 is 23.9 Å². The van der Waals surface area contributed by atoms with Gasteiger partial charge >= 0.3 is 0 Å². The molecule has 3 aromatic rings. The number of benzene rings is 3. The predicted octanol–water partition coefficient (Wildman–Crippen LogP) is 3.32. The molecule has 2 atom stereocenters. The Morgan fingerprint density at radius 1 is 0.765 bits per heavy atom. The number of para-hydroxylation sites is 4. The average molecular weight is 455 g/mol. The van der Waals surface area contributed by atoms with Crippen LogP contribution in [0.3, 0.4) is 0 Å². The highest BCUT2D eigenvalue weighted by atomic mass is 16.5. The summed E-state index contributed by atoms with van der Waals surface area (Å²) in [5, 5.41) is 5.95. The first kappa shape index (κ1) is 21.4. The van der Waals surface area contributed by atoms with Crippen LogP contribution in [-0.2, 0) is 9.59 Å². The zero-order chi connectivity index (χ0) is 23.8. The third-order valence-electron chi connectivity index (χ3n) is 5.98. The van der Waals surface area contributed by atoms with Crippen LogP contribution in [0.15, 0.2) is 84.0 Å². The van der Waals surface area contributed by atoms with Crippen molar-refractivity contribution in [2.75, 3.05) is 24.1 Å². The number of fused-ring (bicyclic) bond motifs is 1. The summed E-state index contributed by atoms with van der Waals surface area (Å²) < 4.78 is 10.9. The van der Waals surface area contributed by atoms with Gasteiger partial charge in [0.2, 0.25) is 11.7 Å². The van der Waals surface area contributed by atoms with Crippen LogP contribution in [-0.4, -0.2) is 43.6 Å². The number of methoxy groups -OCH3 is 2. The first-order valence-electron chi connectivity index (χ1n) is 10.7. The number of hydrogen-bond acceptors (Lipinski definition) is 7. The van der Waals surface area contributed by atoms with Crippen LogP contribution < -0.4 is 19.4 Å². The van der Waals surface area contributed by atoms with Gasteiger partial charge in [-0.25, -0.2) is 9.91 Å². The number of amides is 2. The monoisotopic (exact) mass is 455 g/mol. The third-order valence-corrected chi connectivity index (χ3v) is 5.98. The van der Waals surface area contributed by atoms with Crippen molar-refractivity contribution >= 4 is 34.7 Å². The quantitative estimate of drug-likeness (QED) is 0.419. The van der Waals surface area contributed by atoms with Gasteiger partial charge in [-0.3, -0.25) is 14.4 Å². The van der Waals surface area contributed by atoms with E-state index in [4.69, 9.17) is 9.47 Å². The molecule has 1 saturated heterocycles. The molecular weight excluding hydrogens is 434 g/mol. The van der Waals surface area contributed by atoms with Gasteiger partial charge in [0.15, 0.2) is 0 Å². The number of ketones is 1. The zero-order valence-electron chi connectivity index (χ0n) is 18.5. The number of imide groups is 1. The van der Waals surface area contributed by atoms with Crippen LogP contribution in [0.5, 0.6) is 11.5 Å². The number of carbonyl (C=O) groups is 3. The number of Topliss-reactive ketones (excluding diaryl/α,β-unsaturated/α-hetero) is 1. The molecule has 0 spiro atoms. The molecule has 0 saturated carbocycles. The minimum Gasteiger partial charge on any atom is -0.495 e. The molecule has 0 N–H and O–H groups in total. The lowest BCUT2D eigenvalue weighted by atomic mass is 9.92. The fourth-order valence-corrected chi connectivity index (χ4v) is 4.41. The van der Waals surface area contributed by atoms with Gasteiger partial charge < -0.3 is 9.47 Å². The Balaban J connectivity index is 1.66. The smallest absolute Gasteiger partial charge is 0.260 e. The van der Waals surface area contributed by atoms with Crippen molar-refractivity contribution in [2.45, 2.75) is 6.04 Å². The summed E-state index contributed by atoms with van der Waals surface area (Å²) in [5.74, 6) is -1.66. The van der Waals surface area contributed by atoms with E-state index in [2.05, 4.69) is 5.10 Å². The van der Waals surface area contributed by atoms with Gasteiger partial charge in [-0.2, -0.15) is 5.10 Å². The summed E-state index contributed by atoms with van der Waals surface area (Å²) in [6.45, 7) is 0. The molecular formula is C26H21N3O5. The average Bonchev–Trinajstić information content (AvgIpc) is 3.40. The van der Waals surface area contributed by atoms with E-state index < -0.39 is 29.6 Å². The van der Waals surface area contributed by atoms with E-state index in [1.807, 2.05) is 0 Å². The van der Waals surface area contributed by atoms with Crippen molar-refractivity contribution in [1.29, 1.82) is 0 Å². The highest BCUT2D eigenvalue weighted by Gasteiger charge is 2.59. The van der Waals surface area contributed by atoms with Gasteiger partial charge in [0, 0.05) is 5.56 Å². The van der Waals surface area contributed by atoms with Crippen LogP contribution >= 0.6 is 0 Å². The molecule has 2 aliphatic heterocycles. The number of nitrogens with zero attached hydrogens (tertiary/aromatic N) is 3. The molecule has 0 aliphatic carbocycles. The minimum absolute atomic E-state index is 0.0119. The van der Waals surface area contributed by atoms with Crippen molar-refractivity contribution in [3.63, 3.8) is 0 Å². The number of hydrazone groups is 1. The standard InChI is InChI=1S/C26H21N3O5/c1-33-19-14-8-6-12-17(19)28-25(31)21-22(24(30)16-10-4-3-5-11-16)27-29(23(21)26(28)32)18-13-7-9-15-20(18)34-2/h3-15,21,23H,1-2H3/t21-,23+/m0/s1. The van der Waals surface area contributed by atoms with Gasteiger partial charge in [-0.15, -0.1) is 0 Å². The summed E-state index contributed by atoms with van der Waals surface area (Å²) >= 11 is 0. The number of hydrogen-bond donors (Lipinski definition) is 0. The first-order valence-corrected chi connectivity index (χ1v) is 10.7. The van der Waals surface area contributed by atoms with Crippen LogP contribution in [0, 0.1) is 5.92 Å². The van der Waals surface area contributed by atoms with E-state index in [0.29, 0.717) is 28.4 Å². The van der Waals surface area contributed by atoms with E-state index in [-0.39, 0.29) is 5.71 Å². The van der Waals surface area contributed by atoms with E-state index in [1.165, 1.54) is 19.2 Å². The molecule has 1 fully saturated rings. The zero-order valence-corrected chi connectivity index (χ0v) is 18.5. The molecule has 5 rings (SSSR count). The second kappa shape index (κ2) is 8.47. The molecule has 34 heavy (non-hydrogen) atoms. The summed E-state index contributed by atoms with van der Waals surface area (Å²) in [5.41, 5.74) is 1.20. The number of ether oxygens (including phenoxy) is 2. The van der Waals surface area contributed by atoms with Gasteiger partial charge in [0.25, 0.3) is 5.91 Å². The van der Waals surface area contributed by atoms with Crippen molar-refractivity contribution in [3.8, 4) is 11.5 Å². The second-order valence-electron chi connectivity index (χ2n) is 7.80. The molecule has 0 bridgehead atoms. The maximum absolute atomic E-state index is 13.7. The number of carbonyl (C=O) groups excluding carboxylic acids is 3. The van der Waals surface area contributed by atoms with Gasteiger partial charge in [0.05, 0.1) is 19.9 Å². The molecule has 0 aromatic heterocycles. The Bertz CT molecular complexity index is 1320. The molecule has 3 aromatic carbocycles. The van der Waals surface area contributed by atoms with Crippen LogP contribution in [0.4, 0.5) is 11.4 Å². The van der Waals surface area contributed by atoms with Crippen LogP contribution in [0.25, 0.3) is 0 Å². The molecule has 170 valence electrons. The molecule has 8 nitrogen and oxygen atoms in total. The number of anilines is 2. The number of rotatable bonds is 6. The van der Waals surface area contributed by atoms with E-state index in [9.17, 15) is 14.4 Å². The molecule has 2 aliphatic rings. The van der Waals surface area contributed by atoms with E-state index >= 15 is 0 Å². The molecule has 0 radical (unpaired) electrons. The predicted molar refractivity (Wildman–Crippen MR) is 126 cm³/mol. The first-order chi connectivity index (χ1) is 16.6. The highest BCUT2D eigenvalue weighted by Crippen LogP contribution is 2.43. The fourth-order valence-electron chi connectivity index (χ4n) is 4.41. The Labute approximate surface area is 196 Å². The van der Waals surface area contributed by atoms with Crippen LogP contribution in [0.1, 0.15) is 10.4 Å². The lowest BCUT2D eigenvalue weighted by molar-refractivity contribution is -0.121. The Morgan fingerprint density at radius 2 is 1.32 bits per heavy atom. The second-order valence-corrected chi connectivity index (χ2v) is 7.80. The maximum Gasteiger partial charge on any atom is 0.260 e. The molecule has 8 heteroatoms. The van der Waals surface area contributed by atoms with Crippen molar-refractivity contribution in [1.82, 2.24) is 0 Å². The van der Waals surface area contributed by atoms with Gasteiger partial charge in [-0.05, 0) is 24.3 Å². The van der Waals surface area contributed by atoms with Crippen LogP contribution in [0.2, 0.25) is 0 Å². The summed E-state index contributed by atoms with van der Waals surface area (Å²) in [6.07, 6.45) is 0. The largest absolute Gasteiger partial charge is 0.495 e. The minimum atomic E-state index is -1.07. The summed E-state index contributed by atoms with van der Waals surface area (Å²) in [7, 11) is 2.98. The summed E-state index contributed by atoms with van der Waals surface area (Å²) in [4.78, 5) is 42.0. The molecule has 2 heterocycles. The summed E-state index contributed by atoms with van der Waals surface area (Å²) in [6, 6.07) is 21.4. The lowest BCUT2D eigenvalue weighted by Gasteiger charge is -2.24. The lowest BCUT2D eigenvalue weighted by Crippen LogP contribution is -2.39. The SMILES string of the molecule is COc1ccccc1N1C(=O)[C@H]2C(C(=O)c3ccccc3)=NN(c3ccccc3OC)[C@H]2C1=O. The van der Waals surface area contributed by atoms with Gasteiger partial charge in [-0.1, -0.05) is 54.6 Å².